The van der Waals surface area contributed by atoms with E-state index in [1.807, 2.05) is 0 Å². The molecule has 1 aliphatic heterocycles. The van der Waals surface area contributed by atoms with E-state index in [0.29, 0.717) is 6.10 Å². The Hall–Kier alpha value is 0.400. The van der Waals surface area contributed by atoms with Crippen molar-refractivity contribution in [2.45, 2.75) is 39.4 Å². The van der Waals surface area contributed by atoms with Gasteiger partial charge in [-0.1, -0.05) is 22.9 Å². The number of rotatable bonds is 3. The maximum Gasteiger partial charge on any atom is 0.0757 e. The number of hydrogen-bond acceptors (Lipinski definition) is 2. The number of halogens is 1. The molecule has 1 aliphatic rings. The molecule has 2 atom stereocenters. The zero-order chi connectivity index (χ0) is 10.8. The van der Waals surface area contributed by atoms with Crippen LogP contribution in [-0.4, -0.2) is 41.6 Å². The van der Waals surface area contributed by atoms with E-state index < -0.39 is 0 Å². The van der Waals surface area contributed by atoms with Crippen LogP contribution in [0.3, 0.4) is 0 Å². The van der Waals surface area contributed by atoms with Crippen molar-refractivity contribution in [2.24, 2.45) is 5.92 Å². The minimum atomic E-state index is 0.0176. The third kappa shape index (κ3) is 3.87. The van der Waals surface area contributed by atoms with E-state index >= 15 is 0 Å². The monoisotopic (exact) mass is 263 g/mol. The van der Waals surface area contributed by atoms with Gasteiger partial charge in [0.15, 0.2) is 0 Å². The standard InChI is InChI=1S/C11H22BrNO/c1-9(5-12)6-13-7-10(2)14-11(3,4)8-13/h9-10H,5-8H2,1-4H3. The average Bonchev–Trinajstić information content (AvgIpc) is 1.99. The van der Waals surface area contributed by atoms with Gasteiger partial charge in [0, 0.05) is 25.0 Å². The second-order valence-corrected chi connectivity index (χ2v) is 5.79. The molecule has 0 spiro atoms. The van der Waals surface area contributed by atoms with Crippen molar-refractivity contribution in [2.75, 3.05) is 25.0 Å². The minimum absolute atomic E-state index is 0.0176. The highest BCUT2D eigenvalue weighted by atomic mass is 79.9. The van der Waals surface area contributed by atoms with Gasteiger partial charge in [-0.15, -0.1) is 0 Å². The number of nitrogens with zero attached hydrogens (tertiary/aromatic N) is 1. The first-order chi connectivity index (χ1) is 6.43. The predicted octanol–water partition coefficient (Wildman–Crippen LogP) is 2.52. The lowest BCUT2D eigenvalue weighted by molar-refractivity contribution is -0.130. The molecular weight excluding hydrogens is 242 g/mol. The summed E-state index contributed by atoms with van der Waals surface area (Å²) in [6.07, 6.45) is 0.362. The molecule has 84 valence electrons. The zero-order valence-corrected chi connectivity index (χ0v) is 11.3. The van der Waals surface area contributed by atoms with E-state index in [1.165, 1.54) is 6.54 Å². The fraction of sp³-hybridized carbons (Fsp3) is 1.00. The van der Waals surface area contributed by atoms with Crippen molar-refractivity contribution < 1.29 is 4.74 Å². The van der Waals surface area contributed by atoms with Gasteiger partial charge in [0.25, 0.3) is 0 Å². The van der Waals surface area contributed by atoms with Crippen molar-refractivity contribution in [1.82, 2.24) is 4.90 Å². The van der Waals surface area contributed by atoms with Crippen LogP contribution < -0.4 is 0 Å². The Morgan fingerprint density at radius 3 is 2.71 bits per heavy atom. The Morgan fingerprint density at radius 1 is 1.57 bits per heavy atom. The summed E-state index contributed by atoms with van der Waals surface area (Å²) in [5, 5.41) is 1.08. The molecule has 0 aromatic carbocycles. The SMILES string of the molecule is CC(CBr)CN1CC(C)OC(C)(C)C1. The van der Waals surface area contributed by atoms with E-state index in [4.69, 9.17) is 4.74 Å². The maximum atomic E-state index is 5.87. The topological polar surface area (TPSA) is 12.5 Å². The number of ether oxygens (including phenoxy) is 1. The molecule has 0 bridgehead atoms. The van der Waals surface area contributed by atoms with Crippen LogP contribution in [-0.2, 0) is 4.74 Å². The average molecular weight is 264 g/mol. The predicted molar refractivity (Wildman–Crippen MR) is 64.0 cm³/mol. The van der Waals surface area contributed by atoms with Gasteiger partial charge in [-0.25, -0.2) is 0 Å². The Kier molecular flexibility index (Phi) is 4.41. The van der Waals surface area contributed by atoms with E-state index in [-0.39, 0.29) is 5.60 Å². The summed E-state index contributed by atoms with van der Waals surface area (Å²) in [6.45, 7) is 12.1. The van der Waals surface area contributed by atoms with Crippen molar-refractivity contribution in [3.63, 3.8) is 0 Å². The number of alkyl halides is 1. The van der Waals surface area contributed by atoms with Crippen LogP contribution in [0.2, 0.25) is 0 Å². The van der Waals surface area contributed by atoms with E-state index in [2.05, 4.69) is 48.5 Å². The van der Waals surface area contributed by atoms with Gasteiger partial charge in [-0.3, -0.25) is 4.90 Å². The highest BCUT2D eigenvalue weighted by molar-refractivity contribution is 9.09. The van der Waals surface area contributed by atoms with E-state index in [0.717, 1.165) is 24.3 Å². The van der Waals surface area contributed by atoms with Gasteiger partial charge in [0.2, 0.25) is 0 Å². The first kappa shape index (κ1) is 12.5. The largest absolute Gasteiger partial charge is 0.370 e. The third-order valence-corrected chi connectivity index (χ3v) is 3.58. The summed E-state index contributed by atoms with van der Waals surface area (Å²) < 4.78 is 5.87. The molecule has 1 heterocycles. The first-order valence-electron chi connectivity index (χ1n) is 5.39. The highest BCUT2D eigenvalue weighted by Gasteiger charge is 2.31. The number of morpholine rings is 1. The zero-order valence-electron chi connectivity index (χ0n) is 9.72. The second-order valence-electron chi connectivity index (χ2n) is 5.14. The molecule has 2 nitrogen and oxygen atoms in total. The fourth-order valence-electron chi connectivity index (χ4n) is 2.21. The molecule has 1 saturated heterocycles. The Bertz CT molecular complexity index is 184. The second kappa shape index (κ2) is 4.95. The van der Waals surface area contributed by atoms with Crippen molar-refractivity contribution >= 4 is 15.9 Å². The lowest BCUT2D eigenvalue weighted by Crippen LogP contribution is -2.52. The molecule has 3 heteroatoms. The molecule has 0 aromatic heterocycles. The summed E-state index contributed by atoms with van der Waals surface area (Å²) in [4.78, 5) is 2.51. The Morgan fingerprint density at radius 2 is 2.21 bits per heavy atom. The quantitative estimate of drug-likeness (QED) is 0.726. The lowest BCUT2D eigenvalue weighted by atomic mass is 10.0. The van der Waals surface area contributed by atoms with Crippen molar-refractivity contribution in [3.05, 3.63) is 0 Å². The fourth-order valence-corrected chi connectivity index (χ4v) is 2.42. The molecule has 0 aliphatic carbocycles. The molecule has 0 aromatic rings. The summed E-state index contributed by atoms with van der Waals surface area (Å²) in [5.74, 6) is 0.719. The molecule has 0 N–H and O–H groups in total. The van der Waals surface area contributed by atoms with Crippen LogP contribution >= 0.6 is 15.9 Å². The van der Waals surface area contributed by atoms with E-state index in [9.17, 15) is 0 Å². The molecule has 0 saturated carbocycles. The van der Waals surface area contributed by atoms with Crippen LogP contribution in [0.25, 0.3) is 0 Å². The van der Waals surface area contributed by atoms with Gasteiger partial charge in [0.05, 0.1) is 11.7 Å². The summed E-state index contributed by atoms with van der Waals surface area (Å²) >= 11 is 3.53. The molecule has 1 rings (SSSR count). The third-order valence-electron chi connectivity index (χ3n) is 2.47. The summed E-state index contributed by atoms with van der Waals surface area (Å²) in [7, 11) is 0. The minimum Gasteiger partial charge on any atom is -0.370 e. The highest BCUT2D eigenvalue weighted by Crippen LogP contribution is 2.21. The van der Waals surface area contributed by atoms with Gasteiger partial charge < -0.3 is 4.74 Å². The van der Waals surface area contributed by atoms with Crippen LogP contribution in [0.5, 0.6) is 0 Å². The van der Waals surface area contributed by atoms with Crippen molar-refractivity contribution in [3.8, 4) is 0 Å². The van der Waals surface area contributed by atoms with Gasteiger partial charge in [-0.2, -0.15) is 0 Å². The normalized spacial score (nSPS) is 30.2. The smallest absolute Gasteiger partial charge is 0.0757 e. The molecule has 14 heavy (non-hydrogen) atoms. The first-order valence-corrected chi connectivity index (χ1v) is 6.51. The number of hydrogen-bond donors (Lipinski definition) is 0. The van der Waals surface area contributed by atoms with Crippen LogP contribution in [0.15, 0.2) is 0 Å². The summed E-state index contributed by atoms with van der Waals surface area (Å²) in [5.41, 5.74) is 0.0176. The Labute approximate surface area is 96.1 Å². The van der Waals surface area contributed by atoms with Crippen LogP contribution in [0.1, 0.15) is 27.7 Å². The van der Waals surface area contributed by atoms with Gasteiger partial charge in [-0.05, 0) is 26.7 Å². The maximum absolute atomic E-state index is 5.87. The molecular formula is C11H22BrNO. The van der Waals surface area contributed by atoms with Gasteiger partial charge in [0.1, 0.15) is 0 Å². The lowest BCUT2D eigenvalue weighted by Gasteiger charge is -2.42. The summed E-state index contributed by atoms with van der Waals surface area (Å²) in [6, 6.07) is 0. The van der Waals surface area contributed by atoms with Crippen molar-refractivity contribution in [1.29, 1.82) is 0 Å². The Balaban J connectivity index is 2.45. The molecule has 0 radical (unpaired) electrons. The van der Waals surface area contributed by atoms with Gasteiger partial charge >= 0.3 is 0 Å². The van der Waals surface area contributed by atoms with E-state index in [1.54, 1.807) is 0 Å². The molecule has 2 unspecified atom stereocenters. The van der Waals surface area contributed by atoms with Crippen LogP contribution in [0, 0.1) is 5.92 Å². The molecule has 0 amide bonds. The molecule has 1 fully saturated rings. The van der Waals surface area contributed by atoms with Crippen LogP contribution in [0.4, 0.5) is 0 Å².